The lowest BCUT2D eigenvalue weighted by Crippen LogP contribution is -2.06. The van der Waals surface area contributed by atoms with Gasteiger partial charge in [-0.25, -0.2) is 4.79 Å². The van der Waals surface area contributed by atoms with Gasteiger partial charge in [-0.05, 0) is 12.1 Å². The Bertz CT molecular complexity index is 658. The van der Waals surface area contributed by atoms with E-state index >= 15 is 0 Å². The van der Waals surface area contributed by atoms with Crippen molar-refractivity contribution in [2.24, 2.45) is 0 Å². The van der Waals surface area contributed by atoms with Gasteiger partial charge in [-0.1, -0.05) is 12.1 Å². The molecule has 0 spiro atoms. The van der Waals surface area contributed by atoms with Gasteiger partial charge in [0.2, 0.25) is 0 Å². The van der Waals surface area contributed by atoms with Gasteiger partial charge in [0, 0.05) is 12.3 Å². The van der Waals surface area contributed by atoms with Crippen molar-refractivity contribution in [3.63, 3.8) is 0 Å². The van der Waals surface area contributed by atoms with E-state index < -0.39 is 10.9 Å². The molecule has 2 aromatic rings. The molecular weight excluding hydrogens is 262 g/mol. The number of ether oxygens (including phenoxy) is 1. The van der Waals surface area contributed by atoms with Crippen LogP contribution in [0.15, 0.2) is 42.7 Å². The lowest BCUT2D eigenvalue weighted by Gasteiger charge is -2.10. The number of pyridine rings is 1. The number of carbonyl (C=O) groups excluding carboxylic acids is 1. The van der Waals surface area contributed by atoms with Crippen LogP contribution in [0.2, 0.25) is 0 Å². The van der Waals surface area contributed by atoms with E-state index in [1.807, 2.05) is 0 Å². The molecule has 0 radical (unpaired) electrons. The predicted molar refractivity (Wildman–Crippen MR) is 72.0 cm³/mol. The normalized spacial score (nSPS) is 9.85. The Morgan fingerprint density at radius 3 is 2.75 bits per heavy atom. The Morgan fingerprint density at radius 2 is 2.05 bits per heavy atom. The zero-order valence-electron chi connectivity index (χ0n) is 10.6. The lowest BCUT2D eigenvalue weighted by atomic mass is 10.2. The highest BCUT2D eigenvalue weighted by Gasteiger charge is 2.16. The summed E-state index contributed by atoms with van der Waals surface area (Å²) in [7, 11) is 1.26. The second-order valence-corrected chi connectivity index (χ2v) is 3.81. The van der Waals surface area contributed by atoms with Crippen molar-refractivity contribution in [1.29, 1.82) is 0 Å². The summed E-state index contributed by atoms with van der Waals surface area (Å²) in [5.41, 5.74) is 0.775. The first-order chi connectivity index (χ1) is 9.63. The van der Waals surface area contributed by atoms with Gasteiger partial charge in [-0.3, -0.25) is 15.1 Å². The Hall–Kier alpha value is -2.96. The Balaban J connectivity index is 2.41. The van der Waals surface area contributed by atoms with E-state index in [4.69, 9.17) is 0 Å². The molecule has 0 fully saturated rings. The van der Waals surface area contributed by atoms with Crippen LogP contribution in [0.25, 0.3) is 0 Å². The lowest BCUT2D eigenvalue weighted by molar-refractivity contribution is -0.383. The highest BCUT2D eigenvalue weighted by molar-refractivity contribution is 5.96. The van der Waals surface area contributed by atoms with Crippen LogP contribution in [0, 0.1) is 10.1 Å². The molecule has 0 bridgehead atoms. The molecule has 1 heterocycles. The third-order valence-electron chi connectivity index (χ3n) is 2.60. The minimum Gasteiger partial charge on any atom is -0.465 e. The molecule has 1 N–H and O–H groups in total. The summed E-state index contributed by atoms with van der Waals surface area (Å²) in [5, 5.41) is 13.8. The van der Waals surface area contributed by atoms with Crippen LogP contribution < -0.4 is 5.32 Å². The van der Waals surface area contributed by atoms with Crippen LogP contribution >= 0.6 is 0 Å². The van der Waals surface area contributed by atoms with Crippen molar-refractivity contribution in [2.75, 3.05) is 12.4 Å². The maximum atomic E-state index is 11.6. The number of aromatic nitrogens is 1. The van der Waals surface area contributed by atoms with E-state index in [2.05, 4.69) is 15.0 Å². The third-order valence-corrected chi connectivity index (χ3v) is 2.60. The number of hydrogen-bond donors (Lipinski definition) is 1. The van der Waals surface area contributed by atoms with Crippen LogP contribution in [0.5, 0.6) is 0 Å². The molecule has 0 unspecified atom stereocenters. The monoisotopic (exact) mass is 273 g/mol. The molecule has 0 amide bonds. The van der Waals surface area contributed by atoms with Crippen molar-refractivity contribution >= 4 is 23.0 Å². The molecule has 0 atom stereocenters. The number of nitro groups is 1. The Kier molecular flexibility index (Phi) is 3.90. The molecule has 0 saturated carbocycles. The molecule has 20 heavy (non-hydrogen) atoms. The second kappa shape index (κ2) is 5.79. The molecule has 0 aliphatic heterocycles. The molecule has 1 aromatic carbocycles. The average molecular weight is 273 g/mol. The fourth-order valence-corrected chi connectivity index (χ4v) is 1.67. The third kappa shape index (κ3) is 2.72. The quantitative estimate of drug-likeness (QED) is 0.522. The van der Waals surface area contributed by atoms with E-state index in [9.17, 15) is 14.9 Å². The number of hydrogen-bond acceptors (Lipinski definition) is 6. The number of nitrogens with one attached hydrogen (secondary N) is 1. The van der Waals surface area contributed by atoms with Crippen LogP contribution in [-0.4, -0.2) is 23.0 Å². The van der Waals surface area contributed by atoms with Crippen LogP contribution in [0.4, 0.5) is 17.1 Å². The zero-order valence-corrected chi connectivity index (χ0v) is 10.6. The first kappa shape index (κ1) is 13.5. The first-order valence-electron chi connectivity index (χ1n) is 5.66. The van der Waals surface area contributed by atoms with Gasteiger partial charge >= 0.3 is 5.97 Å². The summed E-state index contributed by atoms with van der Waals surface area (Å²) in [5.74, 6) is -0.548. The number of benzene rings is 1. The van der Waals surface area contributed by atoms with E-state index in [-0.39, 0.29) is 16.9 Å². The molecule has 102 valence electrons. The second-order valence-electron chi connectivity index (χ2n) is 3.81. The SMILES string of the molecule is COC(=O)c1ccncc1Nc1ccccc1[N+](=O)[O-]. The van der Waals surface area contributed by atoms with Gasteiger partial charge in [0.1, 0.15) is 5.69 Å². The van der Waals surface area contributed by atoms with Crippen LogP contribution in [-0.2, 0) is 4.74 Å². The standard InChI is InChI=1S/C13H11N3O4/c1-20-13(17)9-6-7-14-8-11(9)15-10-4-2-3-5-12(10)16(18)19/h2-8,15H,1H3. The summed E-state index contributed by atoms with van der Waals surface area (Å²) >= 11 is 0. The molecule has 0 aliphatic carbocycles. The van der Waals surface area contributed by atoms with Gasteiger partial charge in [0.15, 0.2) is 0 Å². The molecule has 7 heteroatoms. The van der Waals surface area contributed by atoms with Crippen LogP contribution in [0.1, 0.15) is 10.4 Å². The highest BCUT2D eigenvalue weighted by Crippen LogP contribution is 2.28. The van der Waals surface area contributed by atoms with Crippen molar-refractivity contribution in [3.8, 4) is 0 Å². The zero-order chi connectivity index (χ0) is 14.5. The highest BCUT2D eigenvalue weighted by atomic mass is 16.6. The summed E-state index contributed by atoms with van der Waals surface area (Å²) in [6.45, 7) is 0. The minimum absolute atomic E-state index is 0.0906. The molecule has 1 aromatic heterocycles. The number of rotatable bonds is 4. The topological polar surface area (TPSA) is 94.4 Å². The summed E-state index contributed by atoms with van der Waals surface area (Å²) in [4.78, 5) is 26.0. The summed E-state index contributed by atoms with van der Waals surface area (Å²) in [6, 6.07) is 7.61. The first-order valence-corrected chi connectivity index (χ1v) is 5.66. The van der Waals surface area contributed by atoms with Gasteiger partial charge in [0.25, 0.3) is 5.69 Å². The van der Waals surface area contributed by atoms with E-state index in [1.165, 1.54) is 31.6 Å². The largest absolute Gasteiger partial charge is 0.465 e. The average Bonchev–Trinajstić information content (AvgIpc) is 2.47. The smallest absolute Gasteiger partial charge is 0.340 e. The molecule has 0 saturated heterocycles. The number of nitrogens with zero attached hydrogens (tertiary/aromatic N) is 2. The molecule has 2 rings (SSSR count). The maximum Gasteiger partial charge on any atom is 0.340 e. The van der Waals surface area contributed by atoms with E-state index in [1.54, 1.807) is 18.2 Å². The predicted octanol–water partition coefficient (Wildman–Crippen LogP) is 2.52. The van der Waals surface area contributed by atoms with E-state index in [0.29, 0.717) is 5.69 Å². The Morgan fingerprint density at radius 1 is 1.30 bits per heavy atom. The molecule has 7 nitrogen and oxygen atoms in total. The van der Waals surface area contributed by atoms with E-state index in [0.717, 1.165) is 0 Å². The number of anilines is 2. The number of nitro benzene ring substituents is 1. The van der Waals surface area contributed by atoms with Gasteiger partial charge in [-0.15, -0.1) is 0 Å². The summed E-state index contributed by atoms with van der Waals surface area (Å²) < 4.78 is 4.65. The molecular formula is C13H11N3O4. The van der Waals surface area contributed by atoms with Gasteiger partial charge in [0.05, 0.1) is 29.5 Å². The number of esters is 1. The maximum absolute atomic E-state index is 11.6. The van der Waals surface area contributed by atoms with Gasteiger partial charge < -0.3 is 10.1 Å². The van der Waals surface area contributed by atoms with Crippen molar-refractivity contribution < 1.29 is 14.5 Å². The van der Waals surface area contributed by atoms with Crippen LogP contribution in [0.3, 0.4) is 0 Å². The molecule has 0 aliphatic rings. The number of methoxy groups -OCH3 is 1. The van der Waals surface area contributed by atoms with Crippen molar-refractivity contribution in [3.05, 3.63) is 58.4 Å². The fourth-order valence-electron chi connectivity index (χ4n) is 1.67. The fraction of sp³-hybridized carbons (Fsp3) is 0.0769. The van der Waals surface area contributed by atoms with Crippen molar-refractivity contribution in [2.45, 2.75) is 0 Å². The Labute approximate surface area is 114 Å². The van der Waals surface area contributed by atoms with Gasteiger partial charge in [-0.2, -0.15) is 0 Å². The minimum atomic E-state index is -0.548. The number of para-hydroxylation sites is 2. The summed E-state index contributed by atoms with van der Waals surface area (Å²) in [6.07, 6.45) is 2.85. The van der Waals surface area contributed by atoms with Crippen molar-refractivity contribution in [1.82, 2.24) is 4.98 Å². The number of carbonyl (C=O) groups is 1.